The summed E-state index contributed by atoms with van der Waals surface area (Å²) in [6.45, 7) is 3.01. The molecule has 0 amide bonds. The molecular formula is C15H19ClFNO3. The molecule has 6 heteroatoms. The molecule has 1 heterocycles. The Labute approximate surface area is 128 Å². The predicted molar refractivity (Wildman–Crippen MR) is 78.0 cm³/mol. The van der Waals surface area contributed by atoms with Crippen molar-refractivity contribution in [3.8, 4) is 0 Å². The lowest BCUT2D eigenvalue weighted by Gasteiger charge is -2.33. The molecule has 116 valence electrons. The highest BCUT2D eigenvalue weighted by Gasteiger charge is 2.22. The molecule has 1 aromatic rings. The summed E-state index contributed by atoms with van der Waals surface area (Å²) in [5.74, 6) is -1.18. The van der Waals surface area contributed by atoms with Gasteiger partial charge in [-0.15, -0.1) is 0 Å². The molecule has 0 spiro atoms. The van der Waals surface area contributed by atoms with Crippen LogP contribution in [0, 0.1) is 5.82 Å². The van der Waals surface area contributed by atoms with E-state index in [1.165, 1.54) is 6.07 Å². The minimum Gasteiger partial charge on any atom is -0.481 e. The SMILES string of the molecule is O=C(O)CCCCN1CCOC(c2ccc(F)c(Cl)c2)C1. The average Bonchev–Trinajstić information content (AvgIpc) is 2.47. The van der Waals surface area contributed by atoms with E-state index in [2.05, 4.69) is 4.90 Å². The lowest BCUT2D eigenvalue weighted by molar-refractivity contribution is -0.137. The molecule has 2 rings (SSSR count). The zero-order valence-electron chi connectivity index (χ0n) is 11.7. The van der Waals surface area contributed by atoms with Crippen LogP contribution in [0.25, 0.3) is 0 Å². The van der Waals surface area contributed by atoms with Gasteiger partial charge in [0.05, 0.1) is 17.7 Å². The van der Waals surface area contributed by atoms with E-state index >= 15 is 0 Å². The molecule has 0 aromatic heterocycles. The Bertz CT molecular complexity index is 498. The maximum absolute atomic E-state index is 13.2. The van der Waals surface area contributed by atoms with E-state index in [4.69, 9.17) is 21.4 Å². The van der Waals surface area contributed by atoms with E-state index in [0.717, 1.165) is 31.6 Å². The van der Waals surface area contributed by atoms with E-state index in [1.807, 2.05) is 0 Å². The van der Waals surface area contributed by atoms with Crippen molar-refractivity contribution >= 4 is 17.6 Å². The number of rotatable bonds is 6. The molecule has 1 aliphatic heterocycles. The summed E-state index contributed by atoms with van der Waals surface area (Å²) in [4.78, 5) is 12.7. The minimum atomic E-state index is -0.754. The molecule has 4 nitrogen and oxygen atoms in total. The first-order valence-electron chi connectivity index (χ1n) is 7.07. The highest BCUT2D eigenvalue weighted by molar-refractivity contribution is 6.30. The molecule has 0 radical (unpaired) electrons. The summed E-state index contributed by atoms with van der Waals surface area (Å²) in [6.07, 6.45) is 1.63. The van der Waals surface area contributed by atoms with Gasteiger partial charge >= 0.3 is 5.97 Å². The normalized spacial score (nSPS) is 19.6. The third-order valence-corrected chi connectivity index (χ3v) is 3.87. The molecule has 1 unspecified atom stereocenters. The Morgan fingerprint density at radius 1 is 1.48 bits per heavy atom. The summed E-state index contributed by atoms with van der Waals surface area (Å²) >= 11 is 5.80. The first kappa shape index (κ1) is 16.2. The number of carbonyl (C=O) groups is 1. The van der Waals surface area contributed by atoms with Crippen LogP contribution < -0.4 is 0 Å². The summed E-state index contributed by atoms with van der Waals surface area (Å²) in [7, 11) is 0. The maximum Gasteiger partial charge on any atom is 0.303 e. The zero-order valence-corrected chi connectivity index (χ0v) is 12.5. The van der Waals surface area contributed by atoms with Gasteiger partial charge in [-0.3, -0.25) is 9.69 Å². The summed E-state index contributed by atoms with van der Waals surface area (Å²) in [5.41, 5.74) is 0.872. The van der Waals surface area contributed by atoms with Crippen molar-refractivity contribution in [3.63, 3.8) is 0 Å². The van der Waals surface area contributed by atoms with Crippen molar-refractivity contribution in [1.29, 1.82) is 0 Å². The number of benzene rings is 1. The zero-order chi connectivity index (χ0) is 15.2. The number of carboxylic acids is 1. The van der Waals surface area contributed by atoms with E-state index in [0.29, 0.717) is 13.0 Å². The van der Waals surface area contributed by atoms with Crippen LogP contribution >= 0.6 is 11.6 Å². The number of halogens is 2. The molecule has 0 saturated carbocycles. The molecule has 1 fully saturated rings. The second-order valence-electron chi connectivity index (χ2n) is 5.18. The summed E-state index contributed by atoms with van der Waals surface area (Å²) in [5, 5.41) is 8.72. The summed E-state index contributed by atoms with van der Waals surface area (Å²) in [6, 6.07) is 4.65. The second kappa shape index (κ2) is 7.73. The van der Waals surface area contributed by atoms with Gasteiger partial charge in [-0.25, -0.2) is 4.39 Å². The highest BCUT2D eigenvalue weighted by Crippen LogP contribution is 2.26. The van der Waals surface area contributed by atoms with Crippen molar-refractivity contribution in [2.45, 2.75) is 25.4 Å². The van der Waals surface area contributed by atoms with Crippen LogP contribution in [0.4, 0.5) is 4.39 Å². The van der Waals surface area contributed by atoms with Gasteiger partial charge in [0.25, 0.3) is 0 Å². The van der Waals surface area contributed by atoms with Gasteiger partial charge in [0.1, 0.15) is 5.82 Å². The Kier molecular flexibility index (Phi) is 5.96. The van der Waals surface area contributed by atoms with Gasteiger partial charge in [0.15, 0.2) is 0 Å². The van der Waals surface area contributed by atoms with Crippen LogP contribution in [0.2, 0.25) is 5.02 Å². The number of unbranched alkanes of at least 4 members (excludes halogenated alkanes) is 1. The lowest BCUT2D eigenvalue weighted by atomic mass is 10.1. The largest absolute Gasteiger partial charge is 0.481 e. The number of morpholine rings is 1. The van der Waals surface area contributed by atoms with Crippen molar-refractivity contribution < 1.29 is 19.0 Å². The fourth-order valence-corrected chi connectivity index (χ4v) is 2.62. The molecule has 1 aliphatic rings. The highest BCUT2D eigenvalue weighted by atomic mass is 35.5. The van der Waals surface area contributed by atoms with Crippen molar-refractivity contribution in [2.24, 2.45) is 0 Å². The maximum atomic E-state index is 13.2. The van der Waals surface area contributed by atoms with Crippen molar-refractivity contribution in [3.05, 3.63) is 34.6 Å². The quantitative estimate of drug-likeness (QED) is 0.820. The number of ether oxygens (including phenoxy) is 1. The Morgan fingerprint density at radius 2 is 2.29 bits per heavy atom. The van der Waals surface area contributed by atoms with E-state index in [9.17, 15) is 9.18 Å². The van der Waals surface area contributed by atoms with E-state index in [1.54, 1.807) is 12.1 Å². The molecule has 0 bridgehead atoms. The third-order valence-electron chi connectivity index (χ3n) is 3.58. The Balaban J connectivity index is 1.85. The minimum absolute atomic E-state index is 0.106. The first-order valence-corrected chi connectivity index (χ1v) is 7.45. The Morgan fingerprint density at radius 3 is 3.00 bits per heavy atom. The predicted octanol–water partition coefficient (Wildman–Crippen LogP) is 3.11. The topological polar surface area (TPSA) is 49.8 Å². The molecule has 21 heavy (non-hydrogen) atoms. The van der Waals surface area contributed by atoms with Gasteiger partial charge in [0.2, 0.25) is 0 Å². The van der Waals surface area contributed by atoms with Crippen LogP contribution in [0.3, 0.4) is 0 Å². The average molecular weight is 316 g/mol. The second-order valence-corrected chi connectivity index (χ2v) is 5.59. The fourth-order valence-electron chi connectivity index (χ4n) is 2.43. The number of aliphatic carboxylic acids is 1. The molecule has 1 aromatic carbocycles. The first-order chi connectivity index (χ1) is 10.1. The van der Waals surface area contributed by atoms with Crippen LogP contribution in [0.1, 0.15) is 30.9 Å². The number of nitrogens with zero attached hydrogens (tertiary/aromatic N) is 1. The van der Waals surface area contributed by atoms with E-state index in [-0.39, 0.29) is 17.5 Å². The fraction of sp³-hybridized carbons (Fsp3) is 0.533. The molecule has 0 aliphatic carbocycles. The summed E-state index contributed by atoms with van der Waals surface area (Å²) < 4.78 is 18.9. The van der Waals surface area contributed by atoms with Gasteiger partial charge in [0, 0.05) is 19.5 Å². The molecule has 1 atom stereocenters. The molecular weight excluding hydrogens is 297 g/mol. The van der Waals surface area contributed by atoms with Crippen LogP contribution in [0.15, 0.2) is 18.2 Å². The van der Waals surface area contributed by atoms with Gasteiger partial charge in [-0.2, -0.15) is 0 Å². The number of carboxylic acid groups (broad SMARTS) is 1. The van der Waals surface area contributed by atoms with Crippen molar-refractivity contribution in [2.75, 3.05) is 26.2 Å². The smallest absolute Gasteiger partial charge is 0.303 e. The van der Waals surface area contributed by atoms with Gasteiger partial charge in [-0.05, 0) is 37.1 Å². The van der Waals surface area contributed by atoms with Gasteiger partial charge in [-0.1, -0.05) is 17.7 Å². The lowest BCUT2D eigenvalue weighted by Crippen LogP contribution is -2.38. The third kappa shape index (κ3) is 4.95. The Hall–Kier alpha value is -1.17. The van der Waals surface area contributed by atoms with E-state index < -0.39 is 11.8 Å². The van der Waals surface area contributed by atoms with Gasteiger partial charge < -0.3 is 9.84 Å². The number of hydrogen-bond donors (Lipinski definition) is 1. The molecule has 1 saturated heterocycles. The number of hydrogen-bond acceptors (Lipinski definition) is 3. The monoisotopic (exact) mass is 315 g/mol. The van der Waals surface area contributed by atoms with Crippen molar-refractivity contribution in [1.82, 2.24) is 4.90 Å². The van der Waals surface area contributed by atoms with Crippen LogP contribution in [0.5, 0.6) is 0 Å². The van der Waals surface area contributed by atoms with Crippen LogP contribution in [-0.4, -0.2) is 42.2 Å². The standard InChI is InChI=1S/C15H19ClFNO3/c16-12-9-11(4-5-13(12)17)14-10-18(7-8-21-14)6-2-1-3-15(19)20/h4-5,9,14H,1-3,6-8,10H2,(H,19,20). The molecule has 1 N–H and O–H groups in total. The van der Waals surface area contributed by atoms with Crippen LogP contribution in [-0.2, 0) is 9.53 Å².